The van der Waals surface area contributed by atoms with Crippen LogP contribution in [0.15, 0.2) is 0 Å². The number of amides is 1. The molecule has 0 aliphatic carbocycles. The highest BCUT2D eigenvalue weighted by molar-refractivity contribution is 5.83. The number of aliphatic carboxylic acids is 1. The predicted molar refractivity (Wildman–Crippen MR) is 52.5 cm³/mol. The summed E-state index contributed by atoms with van der Waals surface area (Å²) in [6.45, 7) is 1.43. The number of hydrogen-bond donors (Lipinski definition) is 2. The van der Waals surface area contributed by atoms with Crippen LogP contribution in [0.1, 0.15) is 32.6 Å². The van der Waals surface area contributed by atoms with Crippen LogP contribution in [0.4, 0.5) is 0 Å². The van der Waals surface area contributed by atoms with Gasteiger partial charge in [0, 0.05) is 12.8 Å². The number of rotatable bonds is 6. The van der Waals surface area contributed by atoms with Gasteiger partial charge in [-0.3, -0.25) is 9.59 Å². The van der Waals surface area contributed by atoms with E-state index < -0.39 is 12.0 Å². The average Bonchev–Trinajstić information content (AvgIpc) is 2.12. The molecule has 1 unspecified atom stereocenters. The summed E-state index contributed by atoms with van der Waals surface area (Å²) in [4.78, 5) is 21.5. The molecule has 4 nitrogen and oxygen atoms in total. The van der Waals surface area contributed by atoms with E-state index >= 15 is 0 Å². The Morgan fingerprint density at radius 3 is 2.64 bits per heavy atom. The van der Waals surface area contributed by atoms with E-state index in [9.17, 15) is 9.59 Å². The minimum atomic E-state index is -1.03. The molecule has 0 radical (unpaired) electrons. The fraction of sp³-hybridized carbons (Fsp3) is 0.600. The third-order valence-corrected chi connectivity index (χ3v) is 1.72. The predicted octanol–water partition coefficient (Wildman–Crippen LogP) is 0.769. The molecule has 0 aliphatic heterocycles. The van der Waals surface area contributed by atoms with Gasteiger partial charge in [-0.05, 0) is 19.8 Å². The lowest BCUT2D eigenvalue weighted by atomic mass is 10.2. The van der Waals surface area contributed by atoms with Gasteiger partial charge in [0.25, 0.3) is 0 Å². The molecule has 4 heteroatoms. The van der Waals surface area contributed by atoms with Crippen molar-refractivity contribution < 1.29 is 14.7 Å². The Balaban J connectivity index is 3.56. The molecule has 78 valence electrons. The smallest absolute Gasteiger partial charge is 0.325 e. The molecular formula is C10H15NO3. The minimum Gasteiger partial charge on any atom is -0.480 e. The fourth-order valence-electron chi connectivity index (χ4n) is 0.888. The fourth-order valence-corrected chi connectivity index (χ4v) is 0.888. The van der Waals surface area contributed by atoms with Crippen LogP contribution in [0.3, 0.4) is 0 Å². The van der Waals surface area contributed by atoms with Gasteiger partial charge < -0.3 is 10.4 Å². The highest BCUT2D eigenvalue weighted by Crippen LogP contribution is 1.98. The lowest BCUT2D eigenvalue weighted by molar-refractivity contribution is -0.141. The summed E-state index contributed by atoms with van der Waals surface area (Å²) in [5, 5.41) is 10.9. The highest BCUT2D eigenvalue weighted by atomic mass is 16.4. The molecule has 0 bridgehead atoms. The van der Waals surface area contributed by atoms with E-state index in [1.54, 1.807) is 0 Å². The third-order valence-electron chi connectivity index (χ3n) is 1.72. The summed E-state index contributed by atoms with van der Waals surface area (Å²) in [5.74, 6) is 1.21. The largest absolute Gasteiger partial charge is 0.480 e. The Morgan fingerprint density at radius 2 is 2.14 bits per heavy atom. The molecule has 0 spiro atoms. The summed E-state index contributed by atoms with van der Waals surface area (Å²) >= 11 is 0. The lowest BCUT2D eigenvalue weighted by Crippen LogP contribution is -2.38. The second kappa shape index (κ2) is 6.96. The minimum absolute atomic E-state index is 0.239. The second-order valence-electron chi connectivity index (χ2n) is 3.04. The molecule has 0 fully saturated rings. The number of terminal acetylenes is 1. The number of unbranched alkanes of at least 4 members (excludes halogenated alkanes) is 2. The zero-order chi connectivity index (χ0) is 11.0. The maximum atomic E-state index is 11.1. The number of nitrogens with one attached hydrogen (secondary N) is 1. The number of carbonyl (C=O) groups excluding carboxylic acids is 1. The van der Waals surface area contributed by atoms with Gasteiger partial charge in [-0.1, -0.05) is 0 Å². The molecule has 2 N–H and O–H groups in total. The quantitative estimate of drug-likeness (QED) is 0.488. The van der Waals surface area contributed by atoms with E-state index in [1.807, 2.05) is 0 Å². The summed E-state index contributed by atoms with van der Waals surface area (Å²) in [6, 6.07) is -0.824. The molecule has 0 aromatic heterocycles. The molecule has 1 amide bonds. The Labute approximate surface area is 83.7 Å². The summed E-state index contributed by atoms with van der Waals surface area (Å²) in [5.41, 5.74) is 0. The van der Waals surface area contributed by atoms with Crippen molar-refractivity contribution in [2.75, 3.05) is 0 Å². The van der Waals surface area contributed by atoms with Crippen molar-refractivity contribution in [2.24, 2.45) is 0 Å². The van der Waals surface area contributed by atoms with Crippen LogP contribution in [0.25, 0.3) is 0 Å². The van der Waals surface area contributed by atoms with E-state index in [4.69, 9.17) is 11.5 Å². The normalized spacial score (nSPS) is 11.4. The average molecular weight is 197 g/mol. The van der Waals surface area contributed by atoms with Crippen LogP contribution >= 0.6 is 0 Å². The standard InChI is InChI=1S/C10H15NO3/c1-3-4-5-6-7-9(12)11-8(2)10(13)14/h1,8H,4-7H2,2H3,(H,11,12)(H,13,14). The van der Waals surface area contributed by atoms with E-state index in [0.717, 1.165) is 6.42 Å². The van der Waals surface area contributed by atoms with Crippen molar-refractivity contribution in [1.82, 2.24) is 5.32 Å². The molecule has 0 heterocycles. The summed E-state index contributed by atoms with van der Waals surface area (Å²) in [6.07, 6.45) is 7.52. The van der Waals surface area contributed by atoms with Crippen molar-refractivity contribution in [1.29, 1.82) is 0 Å². The second-order valence-corrected chi connectivity index (χ2v) is 3.04. The molecule has 14 heavy (non-hydrogen) atoms. The monoisotopic (exact) mass is 197 g/mol. The van der Waals surface area contributed by atoms with Crippen LogP contribution in [0.2, 0.25) is 0 Å². The van der Waals surface area contributed by atoms with Gasteiger partial charge in [-0.2, -0.15) is 0 Å². The highest BCUT2D eigenvalue weighted by Gasteiger charge is 2.12. The molecule has 0 aromatic rings. The van der Waals surface area contributed by atoms with Crippen molar-refractivity contribution >= 4 is 11.9 Å². The third kappa shape index (κ3) is 6.06. The van der Waals surface area contributed by atoms with Crippen LogP contribution in [0.5, 0.6) is 0 Å². The SMILES string of the molecule is C#CCCCCC(=O)NC(C)C(=O)O. The first-order chi connectivity index (χ1) is 6.57. The van der Waals surface area contributed by atoms with Crippen molar-refractivity contribution in [3.63, 3.8) is 0 Å². The van der Waals surface area contributed by atoms with Crippen LogP contribution < -0.4 is 5.32 Å². The Hall–Kier alpha value is -1.50. The topological polar surface area (TPSA) is 66.4 Å². The zero-order valence-corrected chi connectivity index (χ0v) is 8.25. The number of carbonyl (C=O) groups is 2. The number of carboxylic acids is 1. The molecule has 0 rings (SSSR count). The van der Waals surface area contributed by atoms with Gasteiger partial charge in [0.05, 0.1) is 0 Å². The van der Waals surface area contributed by atoms with Crippen LogP contribution in [-0.4, -0.2) is 23.0 Å². The van der Waals surface area contributed by atoms with Gasteiger partial charge in [0.15, 0.2) is 0 Å². The molecule has 0 aromatic carbocycles. The molecular weight excluding hydrogens is 182 g/mol. The van der Waals surface area contributed by atoms with Crippen molar-refractivity contribution in [3.05, 3.63) is 0 Å². The molecule has 0 saturated heterocycles. The summed E-state index contributed by atoms with van der Waals surface area (Å²) in [7, 11) is 0. The Kier molecular flexibility index (Phi) is 6.21. The van der Waals surface area contributed by atoms with E-state index in [-0.39, 0.29) is 5.91 Å². The van der Waals surface area contributed by atoms with E-state index in [2.05, 4.69) is 11.2 Å². The van der Waals surface area contributed by atoms with Gasteiger partial charge in [-0.25, -0.2) is 0 Å². The summed E-state index contributed by atoms with van der Waals surface area (Å²) < 4.78 is 0. The van der Waals surface area contributed by atoms with Crippen molar-refractivity contribution in [3.8, 4) is 12.3 Å². The van der Waals surface area contributed by atoms with Gasteiger partial charge in [0.1, 0.15) is 6.04 Å². The van der Waals surface area contributed by atoms with E-state index in [1.165, 1.54) is 6.92 Å². The first kappa shape index (κ1) is 12.5. The molecule has 0 aliphatic rings. The van der Waals surface area contributed by atoms with Crippen LogP contribution in [0, 0.1) is 12.3 Å². The van der Waals surface area contributed by atoms with Crippen LogP contribution in [-0.2, 0) is 9.59 Å². The van der Waals surface area contributed by atoms with Gasteiger partial charge in [0.2, 0.25) is 5.91 Å². The zero-order valence-electron chi connectivity index (χ0n) is 8.25. The van der Waals surface area contributed by atoms with Gasteiger partial charge >= 0.3 is 5.97 Å². The van der Waals surface area contributed by atoms with Crippen molar-refractivity contribution in [2.45, 2.75) is 38.6 Å². The first-order valence-corrected chi connectivity index (χ1v) is 4.53. The molecule has 0 saturated carbocycles. The van der Waals surface area contributed by atoms with Gasteiger partial charge in [-0.15, -0.1) is 12.3 Å². The number of carboxylic acid groups (broad SMARTS) is 1. The maximum Gasteiger partial charge on any atom is 0.325 e. The first-order valence-electron chi connectivity index (χ1n) is 4.53. The molecule has 1 atom stereocenters. The Bertz CT molecular complexity index is 242. The number of hydrogen-bond acceptors (Lipinski definition) is 2. The Morgan fingerprint density at radius 1 is 1.50 bits per heavy atom. The lowest BCUT2D eigenvalue weighted by Gasteiger charge is -2.08. The van der Waals surface area contributed by atoms with E-state index in [0.29, 0.717) is 19.3 Å². The maximum absolute atomic E-state index is 11.1.